The summed E-state index contributed by atoms with van der Waals surface area (Å²) in [6.45, 7) is 5.08. The van der Waals surface area contributed by atoms with Crippen molar-refractivity contribution in [3.05, 3.63) is 64.1 Å². The fourth-order valence-corrected chi connectivity index (χ4v) is 4.61. The lowest BCUT2D eigenvalue weighted by Gasteiger charge is -2.33. The van der Waals surface area contributed by atoms with Gasteiger partial charge in [0.05, 0.1) is 17.0 Å². The van der Waals surface area contributed by atoms with Crippen molar-refractivity contribution in [2.24, 2.45) is 0 Å². The summed E-state index contributed by atoms with van der Waals surface area (Å²) in [7, 11) is -3.84. The number of carbonyl (C=O) groups excluding carboxylic acids is 2. The van der Waals surface area contributed by atoms with Crippen LogP contribution in [0, 0.1) is 0 Å². The van der Waals surface area contributed by atoms with Crippen LogP contribution in [-0.4, -0.2) is 50.0 Å². The summed E-state index contributed by atoms with van der Waals surface area (Å²) >= 11 is 12.2. The SMILES string of the molecule is CC[C@@H](C(=O)NC(C)C)N(Cc1ccc(Cl)cc1)C(=O)CN(c1ccccc1Cl)S(C)(=O)=O. The number of carbonyl (C=O) groups is 2. The van der Waals surface area contributed by atoms with Crippen LogP contribution in [0.3, 0.4) is 0 Å². The van der Waals surface area contributed by atoms with Crippen molar-refractivity contribution in [2.75, 3.05) is 17.1 Å². The van der Waals surface area contributed by atoms with Crippen molar-refractivity contribution in [1.29, 1.82) is 0 Å². The molecule has 0 saturated heterocycles. The minimum Gasteiger partial charge on any atom is -0.352 e. The van der Waals surface area contributed by atoms with Gasteiger partial charge in [0.2, 0.25) is 21.8 Å². The average Bonchev–Trinajstić information content (AvgIpc) is 2.72. The third-order valence-electron chi connectivity index (χ3n) is 4.88. The Morgan fingerprint density at radius 2 is 1.64 bits per heavy atom. The predicted octanol–water partition coefficient (Wildman–Crippen LogP) is 4.09. The van der Waals surface area contributed by atoms with Crippen LogP contribution in [0.4, 0.5) is 5.69 Å². The predicted molar refractivity (Wildman–Crippen MR) is 133 cm³/mol. The molecule has 10 heteroatoms. The Labute approximate surface area is 205 Å². The minimum absolute atomic E-state index is 0.111. The zero-order valence-corrected chi connectivity index (χ0v) is 21.4. The molecule has 2 aromatic carbocycles. The molecule has 7 nitrogen and oxygen atoms in total. The highest BCUT2D eigenvalue weighted by atomic mass is 35.5. The van der Waals surface area contributed by atoms with Crippen LogP contribution in [0.25, 0.3) is 0 Å². The van der Waals surface area contributed by atoms with Crippen molar-refractivity contribution < 1.29 is 18.0 Å². The Hall–Kier alpha value is -2.29. The van der Waals surface area contributed by atoms with E-state index in [0.717, 1.165) is 16.1 Å². The molecular formula is C23H29Cl2N3O4S. The Morgan fingerprint density at radius 3 is 2.15 bits per heavy atom. The van der Waals surface area contributed by atoms with Gasteiger partial charge in [-0.25, -0.2) is 8.42 Å². The average molecular weight is 514 g/mol. The van der Waals surface area contributed by atoms with E-state index in [0.29, 0.717) is 11.4 Å². The van der Waals surface area contributed by atoms with E-state index in [1.165, 1.54) is 11.0 Å². The van der Waals surface area contributed by atoms with E-state index in [1.807, 2.05) is 13.8 Å². The molecule has 33 heavy (non-hydrogen) atoms. The molecule has 1 atom stereocenters. The normalized spacial score (nSPS) is 12.3. The van der Waals surface area contributed by atoms with E-state index in [-0.39, 0.29) is 29.2 Å². The van der Waals surface area contributed by atoms with Gasteiger partial charge in [-0.15, -0.1) is 0 Å². The Morgan fingerprint density at radius 1 is 1.03 bits per heavy atom. The molecule has 0 aliphatic heterocycles. The number of halogens is 2. The van der Waals surface area contributed by atoms with E-state index in [2.05, 4.69) is 5.32 Å². The molecule has 1 N–H and O–H groups in total. The molecule has 0 spiro atoms. The molecular weight excluding hydrogens is 485 g/mol. The molecule has 0 aromatic heterocycles. The van der Waals surface area contributed by atoms with Gasteiger partial charge in [0, 0.05) is 17.6 Å². The Bertz CT molecular complexity index is 1080. The number of hydrogen-bond donors (Lipinski definition) is 1. The fraction of sp³-hybridized carbons (Fsp3) is 0.391. The van der Waals surface area contributed by atoms with Crippen LogP contribution < -0.4 is 9.62 Å². The Kier molecular flexibility index (Phi) is 9.57. The zero-order chi connectivity index (χ0) is 24.8. The van der Waals surface area contributed by atoms with Crippen LogP contribution in [0.15, 0.2) is 48.5 Å². The fourth-order valence-electron chi connectivity index (χ4n) is 3.34. The molecule has 180 valence electrons. The highest BCUT2D eigenvalue weighted by molar-refractivity contribution is 7.92. The van der Waals surface area contributed by atoms with Crippen LogP contribution >= 0.6 is 23.2 Å². The van der Waals surface area contributed by atoms with Crippen LogP contribution in [0.1, 0.15) is 32.8 Å². The van der Waals surface area contributed by atoms with E-state index in [4.69, 9.17) is 23.2 Å². The number of rotatable bonds is 10. The molecule has 0 aliphatic rings. The zero-order valence-electron chi connectivity index (χ0n) is 19.1. The van der Waals surface area contributed by atoms with Crippen molar-refractivity contribution in [1.82, 2.24) is 10.2 Å². The summed E-state index contributed by atoms with van der Waals surface area (Å²) in [6.07, 6.45) is 1.36. The highest BCUT2D eigenvalue weighted by Gasteiger charge is 2.32. The first-order valence-corrected chi connectivity index (χ1v) is 13.1. The minimum atomic E-state index is -3.84. The van der Waals surface area contributed by atoms with Crippen molar-refractivity contribution in [3.63, 3.8) is 0 Å². The molecule has 2 rings (SSSR count). The summed E-state index contributed by atoms with van der Waals surface area (Å²) < 4.78 is 26.1. The molecule has 2 amide bonds. The van der Waals surface area contributed by atoms with Crippen molar-refractivity contribution in [3.8, 4) is 0 Å². The van der Waals surface area contributed by atoms with Gasteiger partial charge in [-0.2, -0.15) is 0 Å². The topological polar surface area (TPSA) is 86.8 Å². The number of nitrogens with one attached hydrogen (secondary N) is 1. The molecule has 0 saturated carbocycles. The quantitative estimate of drug-likeness (QED) is 0.518. The van der Waals surface area contributed by atoms with E-state index in [1.54, 1.807) is 49.4 Å². The third-order valence-corrected chi connectivity index (χ3v) is 6.58. The largest absolute Gasteiger partial charge is 0.352 e. The van der Waals surface area contributed by atoms with Gasteiger partial charge in [0.15, 0.2) is 0 Å². The van der Waals surface area contributed by atoms with Gasteiger partial charge in [-0.3, -0.25) is 13.9 Å². The molecule has 0 radical (unpaired) electrons. The second-order valence-electron chi connectivity index (χ2n) is 7.96. The van der Waals surface area contributed by atoms with E-state index in [9.17, 15) is 18.0 Å². The lowest BCUT2D eigenvalue weighted by Crippen LogP contribution is -2.53. The van der Waals surface area contributed by atoms with E-state index >= 15 is 0 Å². The first kappa shape index (κ1) is 27.0. The third kappa shape index (κ3) is 7.62. The smallest absolute Gasteiger partial charge is 0.244 e. The number of anilines is 1. The summed E-state index contributed by atoms with van der Waals surface area (Å²) in [5, 5.41) is 3.58. The van der Waals surface area contributed by atoms with Crippen molar-refractivity contribution >= 4 is 50.7 Å². The molecule has 0 unspecified atom stereocenters. The second kappa shape index (κ2) is 11.7. The maximum atomic E-state index is 13.5. The second-order valence-corrected chi connectivity index (χ2v) is 10.7. The van der Waals surface area contributed by atoms with Gasteiger partial charge < -0.3 is 10.2 Å². The lowest BCUT2D eigenvalue weighted by atomic mass is 10.1. The highest BCUT2D eigenvalue weighted by Crippen LogP contribution is 2.27. The van der Waals surface area contributed by atoms with Crippen LogP contribution in [0.2, 0.25) is 10.0 Å². The standard InChI is InChI=1S/C23H29Cl2N3O4S/c1-5-20(23(30)26-16(2)3)27(14-17-10-12-18(24)13-11-17)22(29)15-28(33(4,31)32)21-9-7-6-8-19(21)25/h6-13,16,20H,5,14-15H2,1-4H3,(H,26,30)/t20-/m0/s1. The van der Waals surface area contributed by atoms with Gasteiger partial charge in [0.25, 0.3) is 0 Å². The van der Waals surface area contributed by atoms with Gasteiger partial charge in [-0.05, 0) is 50.1 Å². The molecule has 0 aliphatic carbocycles. The molecule has 0 bridgehead atoms. The molecule has 0 heterocycles. The number of amides is 2. The number of para-hydroxylation sites is 1. The number of sulfonamides is 1. The summed E-state index contributed by atoms with van der Waals surface area (Å²) in [6, 6.07) is 12.4. The monoisotopic (exact) mass is 513 g/mol. The Balaban J connectivity index is 2.44. The van der Waals surface area contributed by atoms with Crippen LogP contribution in [-0.2, 0) is 26.2 Å². The van der Waals surface area contributed by atoms with Crippen LogP contribution in [0.5, 0.6) is 0 Å². The first-order chi connectivity index (χ1) is 15.4. The number of hydrogen-bond acceptors (Lipinski definition) is 4. The summed E-state index contributed by atoms with van der Waals surface area (Å²) in [5.74, 6) is -0.834. The molecule has 0 fully saturated rings. The maximum absolute atomic E-state index is 13.5. The van der Waals surface area contributed by atoms with Gasteiger partial charge >= 0.3 is 0 Å². The summed E-state index contributed by atoms with van der Waals surface area (Å²) in [4.78, 5) is 27.8. The lowest BCUT2D eigenvalue weighted by molar-refractivity contribution is -0.140. The van der Waals surface area contributed by atoms with Gasteiger partial charge in [0.1, 0.15) is 12.6 Å². The first-order valence-electron chi connectivity index (χ1n) is 10.5. The van der Waals surface area contributed by atoms with Gasteiger partial charge in [-0.1, -0.05) is 54.4 Å². The number of nitrogens with zero attached hydrogens (tertiary/aromatic N) is 2. The maximum Gasteiger partial charge on any atom is 0.244 e. The molecule has 2 aromatic rings. The van der Waals surface area contributed by atoms with Crippen molar-refractivity contribution in [2.45, 2.75) is 45.8 Å². The number of benzene rings is 2. The summed E-state index contributed by atoms with van der Waals surface area (Å²) in [5.41, 5.74) is 0.952. The van der Waals surface area contributed by atoms with E-state index < -0.39 is 28.5 Å².